The first-order valence-electron chi connectivity index (χ1n) is 10.5. The number of rotatable bonds is 10. The summed E-state index contributed by atoms with van der Waals surface area (Å²) in [4.78, 5) is 18.3. The molecule has 2 aromatic heterocycles. The molecule has 0 saturated carbocycles. The quantitative estimate of drug-likeness (QED) is 0.312. The van der Waals surface area contributed by atoms with Crippen LogP contribution < -0.4 is 4.74 Å². The van der Waals surface area contributed by atoms with E-state index in [1.165, 1.54) is 12.7 Å². The minimum atomic E-state index is -0.309. The molecule has 1 aromatic carbocycles. The molecule has 0 amide bonds. The first-order chi connectivity index (χ1) is 15.0. The van der Waals surface area contributed by atoms with Gasteiger partial charge in [-0.05, 0) is 48.1 Å². The van der Waals surface area contributed by atoms with Crippen LogP contribution in [0.2, 0.25) is 0 Å². The number of aryl methyl sites for hydroxylation is 2. The summed E-state index contributed by atoms with van der Waals surface area (Å²) in [5.41, 5.74) is 3.80. The Morgan fingerprint density at radius 2 is 2.10 bits per heavy atom. The molecule has 31 heavy (non-hydrogen) atoms. The zero-order valence-corrected chi connectivity index (χ0v) is 19.5. The van der Waals surface area contributed by atoms with Gasteiger partial charge in [-0.1, -0.05) is 31.5 Å². The fraction of sp³-hybridized carbons (Fsp3) is 0.360. The van der Waals surface area contributed by atoms with Crippen LogP contribution in [0.25, 0.3) is 6.08 Å². The summed E-state index contributed by atoms with van der Waals surface area (Å²) in [7, 11) is 3.11. The largest absolute Gasteiger partial charge is 0.496 e. The third-order valence-electron chi connectivity index (χ3n) is 5.24. The van der Waals surface area contributed by atoms with Crippen molar-refractivity contribution in [3.8, 4) is 5.75 Å². The predicted octanol–water partition coefficient (Wildman–Crippen LogP) is 5.45. The number of carbonyl (C=O) groups excluding carboxylic acids is 1. The van der Waals surface area contributed by atoms with Crippen molar-refractivity contribution in [3.05, 3.63) is 75.0 Å². The highest BCUT2D eigenvalue weighted by atomic mass is 32.1. The van der Waals surface area contributed by atoms with E-state index >= 15 is 0 Å². The van der Waals surface area contributed by atoms with Crippen LogP contribution in [0.5, 0.6) is 5.75 Å². The Balaban J connectivity index is 1.98. The second kappa shape index (κ2) is 11.0. The average Bonchev–Trinajstić information content (AvgIpc) is 3.42. The molecular weight excluding hydrogens is 408 g/mol. The number of hydrogen-bond acceptors (Lipinski definition) is 5. The number of benzene rings is 1. The summed E-state index contributed by atoms with van der Waals surface area (Å²) in [5, 5.41) is 2.02. The molecule has 0 atom stereocenters. The molecule has 0 bridgehead atoms. The molecule has 3 aromatic rings. The van der Waals surface area contributed by atoms with Gasteiger partial charge in [-0.3, -0.25) is 0 Å². The topological polar surface area (TPSA) is 53.3 Å². The van der Waals surface area contributed by atoms with Crippen LogP contribution in [0.4, 0.5) is 0 Å². The van der Waals surface area contributed by atoms with E-state index < -0.39 is 0 Å². The van der Waals surface area contributed by atoms with E-state index in [-0.39, 0.29) is 5.97 Å². The zero-order valence-electron chi connectivity index (χ0n) is 18.7. The lowest BCUT2D eigenvalue weighted by atomic mass is 10.1. The molecule has 0 saturated heterocycles. The van der Waals surface area contributed by atoms with Crippen LogP contribution in [-0.2, 0) is 28.9 Å². The van der Waals surface area contributed by atoms with Crippen molar-refractivity contribution in [2.45, 2.75) is 46.1 Å². The lowest BCUT2D eigenvalue weighted by Gasteiger charge is -2.13. The number of thiophene rings is 1. The molecule has 0 aliphatic rings. The smallest absolute Gasteiger partial charge is 0.334 e. The van der Waals surface area contributed by atoms with E-state index in [1.54, 1.807) is 18.4 Å². The molecule has 0 aliphatic carbocycles. The van der Waals surface area contributed by atoms with Gasteiger partial charge in [0.05, 0.1) is 26.1 Å². The van der Waals surface area contributed by atoms with Crippen LogP contribution in [-0.4, -0.2) is 29.7 Å². The van der Waals surface area contributed by atoms with E-state index in [1.807, 2.05) is 42.8 Å². The van der Waals surface area contributed by atoms with Gasteiger partial charge in [-0.25, -0.2) is 9.78 Å². The molecule has 0 N–H and O–H groups in total. The molecule has 0 radical (unpaired) electrons. The van der Waals surface area contributed by atoms with Crippen LogP contribution in [0.1, 0.15) is 47.3 Å². The minimum absolute atomic E-state index is 0.309. The number of unbranched alkanes of at least 4 members (excludes halogenated alkanes) is 1. The molecule has 0 aliphatic heterocycles. The van der Waals surface area contributed by atoms with Crippen molar-refractivity contribution in [2.75, 3.05) is 14.2 Å². The lowest BCUT2D eigenvalue weighted by molar-refractivity contribution is -0.136. The average molecular weight is 439 g/mol. The first kappa shape index (κ1) is 22.8. The second-order valence-corrected chi connectivity index (χ2v) is 8.54. The molecule has 0 unspecified atom stereocenters. The second-order valence-electron chi connectivity index (χ2n) is 7.51. The third-order valence-corrected chi connectivity index (χ3v) is 6.11. The van der Waals surface area contributed by atoms with Gasteiger partial charge in [-0.15, -0.1) is 11.3 Å². The SMILES string of the molecule is CCCCc1ncc(/C=C(\Cc2cccs2)C(=O)OC)n1Cc1ccc(OC)c(C)c1. The van der Waals surface area contributed by atoms with Gasteiger partial charge >= 0.3 is 5.97 Å². The van der Waals surface area contributed by atoms with E-state index in [0.29, 0.717) is 18.5 Å². The van der Waals surface area contributed by atoms with E-state index in [9.17, 15) is 4.79 Å². The highest BCUT2D eigenvalue weighted by Crippen LogP contribution is 2.23. The maximum absolute atomic E-state index is 12.5. The van der Waals surface area contributed by atoms with E-state index in [0.717, 1.165) is 47.0 Å². The van der Waals surface area contributed by atoms with Crippen molar-refractivity contribution in [1.82, 2.24) is 9.55 Å². The van der Waals surface area contributed by atoms with Crippen molar-refractivity contribution in [3.63, 3.8) is 0 Å². The number of esters is 1. The number of imidazole rings is 1. The third kappa shape index (κ3) is 5.85. The van der Waals surface area contributed by atoms with Gasteiger partial charge in [0.1, 0.15) is 11.6 Å². The van der Waals surface area contributed by atoms with Crippen LogP contribution in [0.15, 0.2) is 47.5 Å². The number of aromatic nitrogens is 2. The number of hydrogen-bond donors (Lipinski definition) is 0. The van der Waals surface area contributed by atoms with Crippen molar-refractivity contribution >= 4 is 23.4 Å². The standard InChI is InChI=1S/C25H30N2O3S/c1-5-6-9-24-26-16-21(14-20(25(28)30-4)15-22-8-7-12-31-22)27(24)17-19-10-11-23(29-3)18(2)13-19/h7-8,10-14,16H,5-6,9,15,17H2,1-4H3/b20-14+. The molecule has 0 fully saturated rings. The van der Waals surface area contributed by atoms with Crippen LogP contribution in [0, 0.1) is 6.92 Å². The fourth-order valence-electron chi connectivity index (χ4n) is 3.58. The number of methoxy groups -OCH3 is 2. The Kier molecular flexibility index (Phi) is 8.06. The van der Waals surface area contributed by atoms with Gasteiger partial charge in [-0.2, -0.15) is 0 Å². The highest BCUT2D eigenvalue weighted by molar-refractivity contribution is 7.09. The van der Waals surface area contributed by atoms with Gasteiger partial charge < -0.3 is 14.0 Å². The van der Waals surface area contributed by atoms with Crippen molar-refractivity contribution in [2.24, 2.45) is 0 Å². The molecule has 0 spiro atoms. The summed E-state index contributed by atoms with van der Waals surface area (Å²) >= 11 is 1.64. The van der Waals surface area contributed by atoms with Gasteiger partial charge in [0.25, 0.3) is 0 Å². The molecule has 6 heteroatoms. The Hall–Kier alpha value is -2.86. The van der Waals surface area contributed by atoms with Crippen molar-refractivity contribution < 1.29 is 14.3 Å². The van der Waals surface area contributed by atoms with E-state index in [4.69, 9.17) is 9.47 Å². The summed E-state index contributed by atoms with van der Waals surface area (Å²) < 4.78 is 12.7. The van der Waals surface area contributed by atoms with Gasteiger partial charge in [0.15, 0.2) is 0 Å². The Labute approximate surface area is 188 Å². The Morgan fingerprint density at radius 3 is 2.74 bits per heavy atom. The molecule has 164 valence electrons. The Bertz CT molecular complexity index is 1040. The normalized spacial score (nSPS) is 11.5. The summed E-state index contributed by atoms with van der Waals surface area (Å²) in [6.07, 6.45) is 7.40. The molecule has 5 nitrogen and oxygen atoms in total. The fourth-order valence-corrected chi connectivity index (χ4v) is 4.30. The van der Waals surface area contributed by atoms with Crippen molar-refractivity contribution in [1.29, 1.82) is 0 Å². The van der Waals surface area contributed by atoms with Crippen LogP contribution >= 0.6 is 11.3 Å². The minimum Gasteiger partial charge on any atom is -0.496 e. The van der Waals surface area contributed by atoms with Crippen LogP contribution in [0.3, 0.4) is 0 Å². The maximum atomic E-state index is 12.5. The van der Waals surface area contributed by atoms with Gasteiger partial charge in [0, 0.05) is 29.8 Å². The Morgan fingerprint density at radius 1 is 1.26 bits per heavy atom. The summed E-state index contributed by atoms with van der Waals surface area (Å²) in [6, 6.07) is 10.2. The number of nitrogens with zero attached hydrogens (tertiary/aromatic N) is 2. The number of carbonyl (C=O) groups is 1. The maximum Gasteiger partial charge on any atom is 0.334 e. The molecular formula is C25H30N2O3S. The zero-order chi connectivity index (χ0) is 22.2. The summed E-state index contributed by atoms with van der Waals surface area (Å²) in [6.45, 7) is 4.91. The predicted molar refractivity (Wildman–Crippen MR) is 126 cm³/mol. The van der Waals surface area contributed by atoms with E-state index in [2.05, 4.69) is 28.6 Å². The monoisotopic (exact) mass is 438 g/mol. The summed E-state index contributed by atoms with van der Waals surface area (Å²) in [5.74, 6) is 1.60. The molecule has 2 heterocycles. The van der Waals surface area contributed by atoms with Gasteiger partial charge in [0.2, 0.25) is 0 Å². The first-order valence-corrected chi connectivity index (χ1v) is 11.4. The number of ether oxygens (including phenoxy) is 2. The highest BCUT2D eigenvalue weighted by Gasteiger charge is 2.15. The molecule has 3 rings (SSSR count). The lowest BCUT2D eigenvalue weighted by Crippen LogP contribution is -2.10.